The Morgan fingerprint density at radius 1 is 1.08 bits per heavy atom. The van der Waals surface area contributed by atoms with Crippen LogP contribution < -0.4 is 5.32 Å². The number of ketones is 2. The van der Waals surface area contributed by atoms with E-state index in [9.17, 15) is 14.4 Å². The van der Waals surface area contributed by atoms with Crippen molar-refractivity contribution >= 4 is 30.5 Å². The van der Waals surface area contributed by atoms with Crippen LogP contribution in [0.4, 0.5) is 0 Å². The summed E-state index contributed by atoms with van der Waals surface area (Å²) >= 11 is 0. The van der Waals surface area contributed by atoms with E-state index in [2.05, 4.69) is 17.1 Å². The van der Waals surface area contributed by atoms with Gasteiger partial charge in [-0.25, -0.2) is 0 Å². The van der Waals surface area contributed by atoms with Gasteiger partial charge in [0.15, 0.2) is 5.78 Å². The fraction of sp³-hybridized carbons (Fsp3) is 0.696. The van der Waals surface area contributed by atoms with Crippen LogP contribution in [-0.2, 0) is 28.7 Å². The summed E-state index contributed by atoms with van der Waals surface area (Å²) < 4.78 is 10.1. The zero-order chi connectivity index (χ0) is 27.0. The Morgan fingerprint density at radius 2 is 1.53 bits per heavy atom. The number of ether oxygens (including phenoxy) is 2. The predicted molar refractivity (Wildman–Crippen MR) is 128 cm³/mol. The number of Topliss-reactive ketones (excluding diaryl/α,β-unsaturated/α-hetero) is 2. The quantitative estimate of drug-likeness (QED) is 0.248. The Morgan fingerprint density at radius 3 is 1.67 bits per heavy atom. The monoisotopic (exact) mass is 1190 g/mol. The van der Waals surface area contributed by atoms with Gasteiger partial charge < -0.3 is 29.5 Å². The van der Waals surface area contributed by atoms with E-state index in [0.717, 1.165) is 0 Å². The molecule has 0 saturated carbocycles. The number of rotatable bonds is 4. The average molecular weight is 1190 g/mol. The fourth-order valence-corrected chi connectivity index (χ4v) is 2.23. The first-order valence-corrected chi connectivity index (χ1v) is 10.7. The van der Waals surface area contributed by atoms with Gasteiger partial charge in [-0.3, -0.25) is 26.3 Å². The van der Waals surface area contributed by atoms with Gasteiger partial charge in [0.05, 0.1) is 12.5 Å². The number of carbonyl (C=O) groups is 3. The van der Waals surface area contributed by atoms with E-state index in [-0.39, 0.29) is 123 Å². The molecule has 2 fully saturated rings. The van der Waals surface area contributed by atoms with Gasteiger partial charge >= 0.3 is 0 Å². The maximum Gasteiger partial charge on any atom is 0.294 e. The van der Waals surface area contributed by atoms with Crippen LogP contribution in [0.25, 0.3) is 0 Å². The topological polar surface area (TPSA) is 135 Å². The van der Waals surface area contributed by atoms with Crippen molar-refractivity contribution in [3.05, 3.63) is 13.2 Å². The molecular formula is C23H42N3O7U3-3. The second-order valence-corrected chi connectivity index (χ2v) is 7.41. The Balaban J connectivity index is -0.0000000850. The second kappa shape index (κ2) is 26.4. The van der Waals surface area contributed by atoms with Crippen molar-refractivity contribution in [2.75, 3.05) is 7.05 Å². The minimum absolute atomic E-state index is 0. The molecule has 2 aliphatic rings. The summed E-state index contributed by atoms with van der Waals surface area (Å²) in [7, 11) is 1.72. The van der Waals surface area contributed by atoms with Crippen molar-refractivity contribution in [1.29, 1.82) is 0 Å². The number of carbonyl (C=O) groups excluding carboxylic acids is 3. The van der Waals surface area contributed by atoms with Crippen LogP contribution in [0, 0.1) is 107 Å². The third-order valence-corrected chi connectivity index (χ3v) is 4.91. The summed E-state index contributed by atoms with van der Waals surface area (Å²) in [6.07, 6.45) is 1.44. The number of hydrogen-bond acceptors (Lipinski definition) is 9. The summed E-state index contributed by atoms with van der Waals surface area (Å²) in [5, 5.41) is 11.8. The van der Waals surface area contributed by atoms with Crippen molar-refractivity contribution in [3.63, 3.8) is 0 Å². The van der Waals surface area contributed by atoms with E-state index < -0.39 is 17.0 Å². The first kappa shape index (κ1) is 50.0. The summed E-state index contributed by atoms with van der Waals surface area (Å²) in [5.74, 6) is -0.690. The maximum absolute atomic E-state index is 10.9. The van der Waals surface area contributed by atoms with Crippen LogP contribution in [0.5, 0.6) is 0 Å². The van der Waals surface area contributed by atoms with Gasteiger partial charge in [0, 0.05) is 98.9 Å². The van der Waals surface area contributed by atoms with Crippen LogP contribution in [0.15, 0.2) is 4.99 Å². The molecule has 206 valence electrons. The minimum Gasteiger partial charge on any atom is -0.545 e. The van der Waals surface area contributed by atoms with Crippen molar-refractivity contribution in [2.45, 2.75) is 98.8 Å². The Hall–Kier alpha value is 1.15. The molecule has 2 aliphatic heterocycles. The molecule has 5 unspecified atom stereocenters. The number of carboxylic acid groups (broad SMARTS) is 1. The second-order valence-electron chi connectivity index (χ2n) is 7.41. The largest absolute Gasteiger partial charge is 0.545 e. The zero-order valence-electron chi connectivity index (χ0n) is 23.3. The molecule has 5 atom stereocenters. The van der Waals surface area contributed by atoms with Crippen molar-refractivity contribution in [2.24, 2.45) is 4.99 Å². The third-order valence-electron chi connectivity index (χ3n) is 4.91. The summed E-state index contributed by atoms with van der Waals surface area (Å²) in [5.41, 5.74) is -1.54. The smallest absolute Gasteiger partial charge is 0.294 e. The van der Waals surface area contributed by atoms with E-state index in [1.54, 1.807) is 59.4 Å². The molecule has 0 aliphatic carbocycles. The SMILES string of the molecule is CC.CC(=O)C1(C)[CH-]OC(C)N1.CC1O[CH-]C(C)(C(=O)O)N1C.CC=NC(C)C(C)=O.[CH-]=O.[U].[U].[U]. The molecule has 2 heterocycles. The van der Waals surface area contributed by atoms with Crippen LogP contribution in [0.3, 0.4) is 0 Å². The number of carboxylic acids is 1. The standard InChI is InChI=1S/C7H12NO3.C7H12NO2.C6H11NO.C2H6.CHO.3U/c1-5-8(3)7(2,4-11-5)6(9)10;1-5(9)7(3)4-10-6(2)8-7;1-4-7-5(2)6(3)8;2*1-2;;;/h4-5H,1-3H3,(H,9,10);4,6,8H,1-3H3;4-5H,1-3H3;1-2H3;1H;;;/q2*-1;;;-1;;;. The average Bonchev–Trinajstić information content (AvgIpc) is 3.27. The molecule has 0 aromatic carbocycles. The molecule has 0 aromatic heterocycles. The van der Waals surface area contributed by atoms with Crippen LogP contribution in [0.1, 0.15) is 69.2 Å². The summed E-state index contributed by atoms with van der Waals surface area (Å²) in [6.45, 7) is 23.9. The van der Waals surface area contributed by atoms with Gasteiger partial charge in [0.2, 0.25) is 0 Å². The molecular weight excluding hydrogens is 1140 g/mol. The zero-order valence-corrected chi connectivity index (χ0v) is 35.8. The van der Waals surface area contributed by atoms with Crippen molar-refractivity contribution < 1.29 is 127 Å². The number of nitrogens with one attached hydrogen (secondary N) is 1. The number of nitrogens with zero attached hydrogens (tertiary/aromatic N) is 2. The number of hydrogen-bond donors (Lipinski definition) is 2. The summed E-state index contributed by atoms with van der Waals surface area (Å²) in [4.78, 5) is 45.3. The first-order chi connectivity index (χ1) is 15.2. The molecule has 2 rings (SSSR count). The van der Waals surface area contributed by atoms with Crippen LogP contribution >= 0.6 is 0 Å². The van der Waals surface area contributed by atoms with Gasteiger partial charge in [0.1, 0.15) is 11.8 Å². The minimum atomic E-state index is -0.973. The van der Waals surface area contributed by atoms with E-state index in [1.807, 2.05) is 27.7 Å². The van der Waals surface area contributed by atoms with Crippen LogP contribution in [0.2, 0.25) is 0 Å². The van der Waals surface area contributed by atoms with Gasteiger partial charge in [-0.05, 0) is 60.3 Å². The van der Waals surface area contributed by atoms with E-state index in [0.29, 0.717) is 0 Å². The molecule has 2 saturated heterocycles. The van der Waals surface area contributed by atoms with E-state index in [1.165, 1.54) is 13.5 Å². The Kier molecular flexibility index (Phi) is 36.7. The molecule has 10 nitrogen and oxygen atoms in total. The van der Waals surface area contributed by atoms with E-state index >= 15 is 0 Å². The number of likely N-dealkylation sites (N-methyl/N-ethyl adjacent to an activating group) is 1. The fourth-order valence-electron chi connectivity index (χ4n) is 2.23. The number of aliphatic carboxylic acids is 1. The van der Waals surface area contributed by atoms with Gasteiger partial charge in [-0.15, -0.1) is 0 Å². The van der Waals surface area contributed by atoms with Gasteiger partial charge in [0.25, 0.3) is 5.97 Å². The number of aliphatic imine (C=N–C) groups is 1. The third kappa shape index (κ3) is 18.4. The van der Waals surface area contributed by atoms with Crippen molar-refractivity contribution in [1.82, 2.24) is 10.2 Å². The normalized spacial score (nSPS) is 26.6. The molecule has 0 bridgehead atoms. The van der Waals surface area contributed by atoms with Gasteiger partial charge in [-0.2, -0.15) is 13.2 Å². The molecule has 0 spiro atoms. The molecule has 2 N–H and O–H groups in total. The predicted octanol–water partition coefficient (Wildman–Crippen LogP) is 2.57. The van der Waals surface area contributed by atoms with E-state index in [4.69, 9.17) is 19.4 Å². The van der Waals surface area contributed by atoms with Gasteiger partial charge in [-0.1, -0.05) is 27.7 Å². The van der Waals surface area contributed by atoms with Crippen LogP contribution in [-0.4, -0.2) is 77.2 Å². The molecule has 0 radical (unpaired) electrons. The first-order valence-electron chi connectivity index (χ1n) is 10.7. The molecule has 0 amide bonds. The molecule has 36 heavy (non-hydrogen) atoms. The Labute approximate surface area is 288 Å². The Bertz CT molecular complexity index is 644. The van der Waals surface area contributed by atoms with Crippen molar-refractivity contribution in [3.8, 4) is 0 Å². The summed E-state index contributed by atoms with van der Waals surface area (Å²) in [6, 6.07) is -0.153. The maximum atomic E-state index is 10.9. The molecule has 0 aromatic rings. The molecule has 13 heteroatoms.